The van der Waals surface area contributed by atoms with Crippen LogP contribution < -0.4 is 0 Å². The highest BCUT2D eigenvalue weighted by Crippen LogP contribution is 2.35. The molecule has 0 aliphatic carbocycles. The summed E-state index contributed by atoms with van der Waals surface area (Å²) in [4.78, 5) is 26.4. The fraction of sp³-hybridized carbons (Fsp3) is 0.529. The number of nitrogens with zero attached hydrogens (tertiary/aromatic N) is 1. The lowest BCUT2D eigenvalue weighted by Crippen LogP contribution is -2.51. The number of benzene rings is 1. The van der Waals surface area contributed by atoms with Crippen LogP contribution in [0, 0.1) is 5.41 Å². The van der Waals surface area contributed by atoms with Gasteiger partial charge in [0.1, 0.15) is 11.6 Å². The Bertz CT molecular complexity index is 570. The minimum atomic E-state index is -0.880. The Labute approximate surface area is 141 Å². The number of rotatable bonds is 3. The van der Waals surface area contributed by atoms with E-state index >= 15 is 0 Å². The predicted molar refractivity (Wildman–Crippen MR) is 86.9 cm³/mol. The van der Waals surface area contributed by atoms with Crippen LogP contribution >= 0.6 is 11.6 Å². The largest absolute Gasteiger partial charge is 0.467 e. The summed E-state index contributed by atoms with van der Waals surface area (Å²) in [6.07, 6.45) is -0.538. The predicted octanol–water partition coefficient (Wildman–Crippen LogP) is 2.74. The van der Waals surface area contributed by atoms with E-state index in [0.29, 0.717) is 5.56 Å². The second-order valence-electron chi connectivity index (χ2n) is 6.61. The van der Waals surface area contributed by atoms with E-state index in [9.17, 15) is 9.59 Å². The third-order valence-corrected chi connectivity index (χ3v) is 4.22. The average molecular weight is 340 g/mol. The molecule has 0 radical (unpaired) electrons. The van der Waals surface area contributed by atoms with Crippen molar-refractivity contribution in [3.63, 3.8) is 0 Å². The molecule has 5 nitrogen and oxygen atoms in total. The minimum absolute atomic E-state index is 0.110. The molecule has 2 rings (SSSR count). The molecular formula is C17H22ClNO4. The van der Waals surface area contributed by atoms with Crippen molar-refractivity contribution >= 4 is 23.5 Å². The van der Waals surface area contributed by atoms with Gasteiger partial charge in [-0.1, -0.05) is 51.1 Å². The molecule has 23 heavy (non-hydrogen) atoms. The molecule has 0 bridgehead atoms. The quantitative estimate of drug-likeness (QED) is 0.627. The molecule has 1 aliphatic heterocycles. The molecule has 0 N–H and O–H groups in total. The molecule has 1 aromatic rings. The van der Waals surface area contributed by atoms with Gasteiger partial charge in [0.2, 0.25) is 5.91 Å². The van der Waals surface area contributed by atoms with Crippen molar-refractivity contribution in [2.45, 2.75) is 38.4 Å². The summed E-state index contributed by atoms with van der Waals surface area (Å²) in [6, 6.07) is 8.28. The number of halogens is 1. The molecule has 1 saturated heterocycles. The number of methoxy groups -OCH3 is 1. The summed E-state index contributed by atoms with van der Waals surface area (Å²) in [7, 11) is 1.30. The maximum absolute atomic E-state index is 12.9. The number of carbonyl (C=O) groups excluding carboxylic acids is 2. The van der Waals surface area contributed by atoms with Crippen LogP contribution in [0.4, 0.5) is 0 Å². The zero-order valence-electron chi connectivity index (χ0n) is 13.8. The maximum atomic E-state index is 12.9. The highest BCUT2D eigenvalue weighted by atomic mass is 35.5. The average Bonchev–Trinajstić information content (AvgIpc) is 2.98. The van der Waals surface area contributed by atoms with Crippen LogP contribution in [0.3, 0.4) is 0 Å². The van der Waals surface area contributed by atoms with Gasteiger partial charge in [0.25, 0.3) is 0 Å². The van der Waals surface area contributed by atoms with Gasteiger partial charge in [-0.2, -0.15) is 0 Å². The summed E-state index contributed by atoms with van der Waals surface area (Å²) < 4.78 is 10.5. The maximum Gasteiger partial charge on any atom is 0.331 e. The molecule has 1 fully saturated rings. The van der Waals surface area contributed by atoms with E-state index in [4.69, 9.17) is 21.1 Å². The minimum Gasteiger partial charge on any atom is -0.467 e. The highest BCUT2D eigenvalue weighted by molar-refractivity contribution is 6.31. The first-order valence-electron chi connectivity index (χ1n) is 7.48. The molecular weight excluding hydrogens is 318 g/mol. The van der Waals surface area contributed by atoms with E-state index in [1.54, 1.807) is 12.1 Å². The fourth-order valence-corrected chi connectivity index (χ4v) is 2.91. The van der Waals surface area contributed by atoms with Gasteiger partial charge in [0, 0.05) is 5.41 Å². The van der Waals surface area contributed by atoms with Gasteiger partial charge in [-0.05, 0) is 5.56 Å². The molecule has 0 spiro atoms. The molecule has 0 unspecified atom stereocenters. The van der Waals surface area contributed by atoms with Crippen molar-refractivity contribution in [1.82, 2.24) is 4.90 Å². The molecule has 1 heterocycles. The highest BCUT2D eigenvalue weighted by Gasteiger charge is 2.48. The van der Waals surface area contributed by atoms with Crippen LogP contribution in [-0.2, 0) is 19.1 Å². The second kappa shape index (κ2) is 6.89. The Kier molecular flexibility index (Phi) is 5.32. The Morgan fingerprint density at radius 2 is 1.91 bits per heavy atom. The van der Waals surface area contributed by atoms with E-state index in [-0.39, 0.29) is 17.9 Å². The number of carbonyl (C=O) groups is 2. The molecule has 1 aromatic carbocycles. The van der Waals surface area contributed by atoms with Crippen LogP contribution in [-0.4, -0.2) is 42.8 Å². The Morgan fingerprint density at radius 1 is 1.30 bits per heavy atom. The Hall–Kier alpha value is -1.59. The number of ether oxygens (including phenoxy) is 2. The van der Waals surface area contributed by atoms with E-state index in [0.717, 1.165) is 0 Å². The SMILES string of the molecule is COC(=O)[C@@H]1CO[C@H](C(C)(C)C)N1C(=O)[C@H](Cl)c1ccccc1. The van der Waals surface area contributed by atoms with Gasteiger partial charge in [-0.25, -0.2) is 4.79 Å². The van der Waals surface area contributed by atoms with Crippen molar-refractivity contribution in [1.29, 1.82) is 0 Å². The lowest BCUT2D eigenvalue weighted by atomic mass is 9.92. The smallest absolute Gasteiger partial charge is 0.331 e. The molecule has 0 aromatic heterocycles. The molecule has 126 valence electrons. The summed E-state index contributed by atoms with van der Waals surface area (Å²) >= 11 is 6.37. The molecule has 1 aliphatic rings. The number of hydrogen-bond donors (Lipinski definition) is 0. The van der Waals surface area contributed by atoms with Gasteiger partial charge in [0.15, 0.2) is 6.04 Å². The summed E-state index contributed by atoms with van der Waals surface area (Å²) in [5.41, 5.74) is 0.327. The first-order chi connectivity index (χ1) is 10.8. The Morgan fingerprint density at radius 3 is 2.43 bits per heavy atom. The van der Waals surface area contributed by atoms with Gasteiger partial charge in [-0.3, -0.25) is 9.69 Å². The monoisotopic (exact) mass is 339 g/mol. The van der Waals surface area contributed by atoms with E-state index < -0.39 is 23.6 Å². The van der Waals surface area contributed by atoms with Crippen molar-refractivity contribution < 1.29 is 19.1 Å². The van der Waals surface area contributed by atoms with Gasteiger partial charge in [-0.15, -0.1) is 11.6 Å². The van der Waals surface area contributed by atoms with E-state index in [1.807, 2.05) is 39.0 Å². The van der Waals surface area contributed by atoms with Crippen LogP contribution in [0.5, 0.6) is 0 Å². The lowest BCUT2D eigenvalue weighted by Gasteiger charge is -2.36. The topological polar surface area (TPSA) is 55.8 Å². The number of alkyl halides is 1. The normalized spacial score (nSPS) is 22.7. The van der Waals surface area contributed by atoms with E-state index in [1.165, 1.54) is 12.0 Å². The van der Waals surface area contributed by atoms with Crippen molar-refractivity contribution in [3.05, 3.63) is 35.9 Å². The lowest BCUT2D eigenvalue weighted by molar-refractivity contribution is -0.155. The fourth-order valence-electron chi connectivity index (χ4n) is 2.66. The third-order valence-electron chi connectivity index (χ3n) is 3.78. The van der Waals surface area contributed by atoms with Crippen molar-refractivity contribution in [3.8, 4) is 0 Å². The van der Waals surface area contributed by atoms with Crippen LogP contribution in [0.1, 0.15) is 31.7 Å². The standard InChI is InChI=1S/C17H22ClNO4/c1-17(2,3)16-19(12(10-23-16)15(21)22-4)14(20)13(18)11-8-6-5-7-9-11/h5-9,12-13,16H,10H2,1-4H3/t12-,13+,16+/m0/s1. The van der Waals surface area contributed by atoms with Gasteiger partial charge >= 0.3 is 5.97 Å². The summed E-state index contributed by atoms with van der Waals surface area (Å²) in [5.74, 6) is -0.854. The third kappa shape index (κ3) is 3.67. The first-order valence-corrected chi connectivity index (χ1v) is 7.91. The van der Waals surface area contributed by atoms with Crippen molar-refractivity contribution in [2.24, 2.45) is 5.41 Å². The van der Waals surface area contributed by atoms with Crippen molar-refractivity contribution in [2.75, 3.05) is 13.7 Å². The zero-order chi connectivity index (χ0) is 17.2. The second-order valence-corrected chi connectivity index (χ2v) is 7.05. The number of amides is 1. The van der Waals surface area contributed by atoms with Gasteiger partial charge < -0.3 is 9.47 Å². The molecule has 0 saturated carbocycles. The number of esters is 1. The zero-order valence-corrected chi connectivity index (χ0v) is 14.5. The van der Waals surface area contributed by atoms with E-state index in [2.05, 4.69) is 0 Å². The summed E-state index contributed by atoms with van der Waals surface area (Å²) in [5, 5.41) is -0.880. The molecule has 3 atom stereocenters. The van der Waals surface area contributed by atoms with Crippen LogP contribution in [0.2, 0.25) is 0 Å². The number of hydrogen-bond acceptors (Lipinski definition) is 4. The summed E-state index contributed by atoms with van der Waals surface area (Å²) in [6.45, 7) is 5.95. The molecule has 6 heteroatoms. The van der Waals surface area contributed by atoms with Crippen LogP contribution in [0.25, 0.3) is 0 Å². The Balaban J connectivity index is 2.32. The van der Waals surface area contributed by atoms with Gasteiger partial charge in [0.05, 0.1) is 13.7 Å². The van der Waals surface area contributed by atoms with Crippen LogP contribution in [0.15, 0.2) is 30.3 Å². The first kappa shape index (κ1) is 17.8. The molecule has 1 amide bonds.